The molecule has 3 rings (SSSR count). The van der Waals surface area contributed by atoms with E-state index < -0.39 is 0 Å². The van der Waals surface area contributed by atoms with Crippen molar-refractivity contribution in [1.29, 1.82) is 0 Å². The molecule has 0 radical (unpaired) electrons. The van der Waals surface area contributed by atoms with Crippen LogP contribution in [0.1, 0.15) is 21.5 Å². The zero-order chi connectivity index (χ0) is 14.8. The van der Waals surface area contributed by atoms with Crippen molar-refractivity contribution in [2.45, 2.75) is 19.0 Å². The third-order valence-electron chi connectivity index (χ3n) is 3.86. The summed E-state index contributed by atoms with van der Waals surface area (Å²) in [5.41, 5.74) is 2.88. The molecule has 0 fully saturated rings. The second-order valence-corrected chi connectivity index (χ2v) is 6.18. The van der Waals surface area contributed by atoms with Crippen molar-refractivity contribution in [1.82, 2.24) is 4.90 Å². The maximum absolute atomic E-state index is 12.5. The third-order valence-corrected chi connectivity index (χ3v) is 4.36. The standard InChI is InChI=1S/C17H16BrNO2/c18-14-6-7-16-13(9-14)10-19(17(16)21)15(11-20)8-12-4-2-1-3-5-12/h1-7,9,15,20H,8,10-11H2/t15-/m0/s1. The first kappa shape index (κ1) is 14.3. The quantitative estimate of drug-likeness (QED) is 0.925. The zero-order valence-electron chi connectivity index (χ0n) is 11.5. The fourth-order valence-electron chi connectivity index (χ4n) is 2.77. The average Bonchev–Trinajstić information content (AvgIpc) is 2.82. The van der Waals surface area contributed by atoms with Gasteiger partial charge in [0.2, 0.25) is 0 Å². The number of rotatable bonds is 4. The summed E-state index contributed by atoms with van der Waals surface area (Å²) in [6.45, 7) is 0.529. The lowest BCUT2D eigenvalue weighted by Gasteiger charge is -2.26. The Morgan fingerprint density at radius 1 is 1.19 bits per heavy atom. The maximum Gasteiger partial charge on any atom is 0.254 e. The number of fused-ring (bicyclic) bond motifs is 1. The van der Waals surface area contributed by atoms with Crippen molar-refractivity contribution in [2.75, 3.05) is 6.61 Å². The number of halogens is 1. The van der Waals surface area contributed by atoms with Crippen LogP contribution in [0.3, 0.4) is 0 Å². The topological polar surface area (TPSA) is 40.5 Å². The largest absolute Gasteiger partial charge is 0.394 e. The Hall–Kier alpha value is -1.65. The summed E-state index contributed by atoms with van der Waals surface area (Å²) in [5, 5.41) is 9.70. The van der Waals surface area contributed by atoms with Crippen LogP contribution in [0.15, 0.2) is 53.0 Å². The van der Waals surface area contributed by atoms with Crippen LogP contribution < -0.4 is 0 Å². The van der Waals surface area contributed by atoms with Crippen molar-refractivity contribution in [3.8, 4) is 0 Å². The van der Waals surface area contributed by atoms with Gasteiger partial charge in [-0.05, 0) is 35.7 Å². The third kappa shape index (κ3) is 2.87. The Morgan fingerprint density at radius 3 is 2.67 bits per heavy atom. The molecule has 1 aliphatic rings. The van der Waals surface area contributed by atoms with Gasteiger partial charge in [-0.1, -0.05) is 46.3 Å². The van der Waals surface area contributed by atoms with E-state index in [1.165, 1.54) is 0 Å². The highest BCUT2D eigenvalue weighted by Crippen LogP contribution is 2.28. The number of hydrogen-bond acceptors (Lipinski definition) is 2. The van der Waals surface area contributed by atoms with Gasteiger partial charge < -0.3 is 10.0 Å². The second-order valence-electron chi connectivity index (χ2n) is 5.26. The van der Waals surface area contributed by atoms with Crippen LogP contribution >= 0.6 is 15.9 Å². The Kier molecular flexibility index (Phi) is 4.08. The molecular formula is C17H16BrNO2. The first-order valence-electron chi connectivity index (χ1n) is 6.93. The molecule has 21 heavy (non-hydrogen) atoms. The van der Waals surface area contributed by atoms with E-state index in [0.717, 1.165) is 21.2 Å². The highest BCUT2D eigenvalue weighted by atomic mass is 79.9. The molecule has 4 heteroatoms. The van der Waals surface area contributed by atoms with E-state index in [-0.39, 0.29) is 18.6 Å². The van der Waals surface area contributed by atoms with Crippen LogP contribution in [0.25, 0.3) is 0 Å². The number of amides is 1. The molecule has 1 atom stereocenters. The Balaban J connectivity index is 1.82. The first-order chi connectivity index (χ1) is 10.2. The summed E-state index contributed by atoms with van der Waals surface area (Å²) < 4.78 is 0.972. The summed E-state index contributed by atoms with van der Waals surface area (Å²) in [6, 6.07) is 15.5. The van der Waals surface area contributed by atoms with Gasteiger partial charge in [0.05, 0.1) is 12.6 Å². The van der Waals surface area contributed by atoms with E-state index in [1.54, 1.807) is 4.90 Å². The molecule has 0 spiro atoms. The number of carbonyl (C=O) groups is 1. The van der Waals surface area contributed by atoms with Gasteiger partial charge >= 0.3 is 0 Å². The number of carbonyl (C=O) groups excluding carboxylic acids is 1. The van der Waals surface area contributed by atoms with Gasteiger partial charge in [-0.3, -0.25) is 4.79 Å². The van der Waals surface area contributed by atoms with Crippen LogP contribution in [-0.4, -0.2) is 28.6 Å². The predicted octanol–water partition coefficient (Wildman–Crippen LogP) is 3.01. The zero-order valence-corrected chi connectivity index (χ0v) is 13.1. The number of hydrogen-bond donors (Lipinski definition) is 1. The minimum atomic E-state index is -0.189. The van der Waals surface area contributed by atoms with Crippen molar-refractivity contribution in [2.24, 2.45) is 0 Å². The number of aliphatic hydroxyl groups excluding tert-OH is 1. The van der Waals surface area contributed by atoms with Gasteiger partial charge in [0.25, 0.3) is 5.91 Å². The van der Waals surface area contributed by atoms with Crippen molar-refractivity contribution in [3.05, 3.63) is 69.7 Å². The average molecular weight is 346 g/mol. The monoisotopic (exact) mass is 345 g/mol. The Labute approximate surface area is 132 Å². The Bertz CT molecular complexity index is 657. The predicted molar refractivity (Wildman–Crippen MR) is 85.0 cm³/mol. The van der Waals surface area contributed by atoms with Crippen LogP contribution in [0, 0.1) is 0 Å². The van der Waals surface area contributed by atoms with E-state index in [0.29, 0.717) is 13.0 Å². The van der Waals surface area contributed by atoms with E-state index in [2.05, 4.69) is 15.9 Å². The molecule has 2 aromatic rings. The van der Waals surface area contributed by atoms with E-state index >= 15 is 0 Å². The van der Waals surface area contributed by atoms with E-state index in [1.807, 2.05) is 48.5 Å². The second kappa shape index (κ2) is 6.00. The number of benzene rings is 2. The van der Waals surface area contributed by atoms with Gasteiger partial charge in [-0.15, -0.1) is 0 Å². The molecule has 1 aliphatic heterocycles. The summed E-state index contributed by atoms with van der Waals surface area (Å²) in [5.74, 6) is 0.00693. The molecule has 0 saturated carbocycles. The van der Waals surface area contributed by atoms with Gasteiger partial charge in [-0.25, -0.2) is 0 Å². The molecule has 108 valence electrons. The number of aliphatic hydroxyl groups is 1. The fourth-order valence-corrected chi connectivity index (χ4v) is 3.17. The van der Waals surface area contributed by atoms with Gasteiger partial charge in [0, 0.05) is 16.6 Å². The number of nitrogens with zero attached hydrogens (tertiary/aromatic N) is 1. The smallest absolute Gasteiger partial charge is 0.254 e. The first-order valence-corrected chi connectivity index (χ1v) is 7.72. The van der Waals surface area contributed by atoms with E-state index in [4.69, 9.17) is 0 Å². The molecule has 1 amide bonds. The molecule has 1 N–H and O–H groups in total. The lowest BCUT2D eigenvalue weighted by atomic mass is 10.1. The van der Waals surface area contributed by atoms with Crippen molar-refractivity contribution < 1.29 is 9.90 Å². The van der Waals surface area contributed by atoms with Crippen LogP contribution in [-0.2, 0) is 13.0 Å². The fraction of sp³-hybridized carbons (Fsp3) is 0.235. The van der Waals surface area contributed by atoms with Crippen LogP contribution in [0.4, 0.5) is 0 Å². The van der Waals surface area contributed by atoms with Crippen molar-refractivity contribution >= 4 is 21.8 Å². The van der Waals surface area contributed by atoms with E-state index in [9.17, 15) is 9.90 Å². The summed E-state index contributed by atoms with van der Waals surface area (Å²) >= 11 is 3.43. The normalized spacial score (nSPS) is 15.1. The van der Waals surface area contributed by atoms with Crippen molar-refractivity contribution in [3.63, 3.8) is 0 Å². The maximum atomic E-state index is 12.5. The minimum Gasteiger partial charge on any atom is -0.394 e. The molecule has 0 bridgehead atoms. The van der Waals surface area contributed by atoms with Crippen LogP contribution in [0.5, 0.6) is 0 Å². The van der Waals surface area contributed by atoms with Gasteiger partial charge in [-0.2, -0.15) is 0 Å². The lowest BCUT2D eigenvalue weighted by Crippen LogP contribution is -2.39. The molecule has 0 saturated heterocycles. The minimum absolute atomic E-state index is 0.00693. The van der Waals surface area contributed by atoms with Gasteiger partial charge in [0.15, 0.2) is 0 Å². The highest BCUT2D eigenvalue weighted by molar-refractivity contribution is 9.10. The molecule has 0 aliphatic carbocycles. The molecule has 3 nitrogen and oxygen atoms in total. The van der Waals surface area contributed by atoms with Crippen LogP contribution in [0.2, 0.25) is 0 Å². The lowest BCUT2D eigenvalue weighted by molar-refractivity contribution is 0.0618. The van der Waals surface area contributed by atoms with Gasteiger partial charge in [0.1, 0.15) is 0 Å². The molecular weight excluding hydrogens is 330 g/mol. The highest BCUT2D eigenvalue weighted by Gasteiger charge is 2.32. The summed E-state index contributed by atoms with van der Waals surface area (Å²) in [4.78, 5) is 14.3. The Morgan fingerprint density at radius 2 is 1.95 bits per heavy atom. The summed E-state index contributed by atoms with van der Waals surface area (Å²) in [7, 11) is 0. The molecule has 1 heterocycles. The molecule has 0 aromatic heterocycles. The molecule has 0 unspecified atom stereocenters. The SMILES string of the molecule is O=C1c2ccc(Br)cc2CN1[C@H](CO)Cc1ccccc1. The molecule has 2 aromatic carbocycles. The summed E-state index contributed by atoms with van der Waals surface area (Å²) in [6.07, 6.45) is 0.665.